The molecule has 2 fully saturated rings. The van der Waals surface area contributed by atoms with Crippen molar-refractivity contribution in [1.82, 2.24) is 9.80 Å². The highest BCUT2D eigenvalue weighted by Gasteiger charge is 2.45. The minimum atomic E-state index is -0.706. The SMILES string of the molecule is COc1ccc(C2/C(=C(\O)c3ccc(OCc4ccccc4C)cc3)C(=O)C(=O)N2CCCN2CCOCC2)cc1. The van der Waals surface area contributed by atoms with Gasteiger partial charge in [-0.3, -0.25) is 14.5 Å². The standard InChI is InChI=1S/C33H36N2O6/c1-23-6-3-4-7-26(23)22-41-28-14-10-25(11-15-28)31(36)29-30(24-8-12-27(39-2)13-9-24)35(33(38)32(29)37)17-5-16-34-18-20-40-21-19-34/h3-4,6-15,30,36H,5,16-22H2,1-2H3/b31-29+. The Kier molecular flexibility index (Phi) is 9.01. The lowest BCUT2D eigenvalue weighted by Gasteiger charge is -2.29. The number of nitrogens with zero attached hydrogens (tertiary/aromatic N) is 2. The van der Waals surface area contributed by atoms with Crippen molar-refractivity contribution < 1.29 is 28.9 Å². The van der Waals surface area contributed by atoms with Crippen molar-refractivity contribution in [3.8, 4) is 11.5 Å². The van der Waals surface area contributed by atoms with Gasteiger partial charge in [0, 0.05) is 31.7 Å². The van der Waals surface area contributed by atoms with Crippen LogP contribution in [0.15, 0.2) is 78.4 Å². The van der Waals surface area contributed by atoms with Crippen LogP contribution in [0.1, 0.15) is 34.7 Å². The molecule has 0 aliphatic carbocycles. The molecule has 2 heterocycles. The van der Waals surface area contributed by atoms with E-state index in [2.05, 4.69) is 4.90 Å². The van der Waals surface area contributed by atoms with Gasteiger partial charge >= 0.3 is 0 Å². The number of rotatable bonds is 10. The van der Waals surface area contributed by atoms with Gasteiger partial charge in [-0.1, -0.05) is 36.4 Å². The van der Waals surface area contributed by atoms with Crippen molar-refractivity contribution in [2.75, 3.05) is 46.5 Å². The van der Waals surface area contributed by atoms with E-state index in [1.54, 1.807) is 48.4 Å². The lowest BCUT2D eigenvalue weighted by atomic mass is 9.95. The summed E-state index contributed by atoms with van der Waals surface area (Å²) in [5.41, 5.74) is 3.50. The second-order valence-electron chi connectivity index (χ2n) is 10.3. The highest BCUT2D eigenvalue weighted by Crippen LogP contribution is 2.40. The minimum absolute atomic E-state index is 0.0834. The van der Waals surface area contributed by atoms with Crippen molar-refractivity contribution in [3.05, 3.63) is 101 Å². The summed E-state index contributed by atoms with van der Waals surface area (Å²) in [6, 6.07) is 21.5. The number of carbonyl (C=O) groups excluding carboxylic acids is 2. The van der Waals surface area contributed by atoms with Gasteiger partial charge in [-0.05, 0) is 66.4 Å². The molecule has 0 spiro atoms. The summed E-state index contributed by atoms with van der Waals surface area (Å²) in [4.78, 5) is 30.5. The fraction of sp³-hybridized carbons (Fsp3) is 0.333. The molecule has 8 heteroatoms. The summed E-state index contributed by atoms with van der Waals surface area (Å²) in [5, 5.41) is 11.4. The number of aryl methyl sites for hydroxylation is 1. The minimum Gasteiger partial charge on any atom is -0.507 e. The molecule has 2 saturated heterocycles. The van der Waals surface area contributed by atoms with Crippen molar-refractivity contribution in [1.29, 1.82) is 0 Å². The second-order valence-corrected chi connectivity index (χ2v) is 10.3. The van der Waals surface area contributed by atoms with Crippen LogP contribution in [-0.2, 0) is 20.9 Å². The van der Waals surface area contributed by atoms with Crippen molar-refractivity contribution in [3.63, 3.8) is 0 Å². The molecule has 2 aliphatic heterocycles. The number of Topliss-reactive ketones (excluding diaryl/α,β-unsaturated/α-hetero) is 1. The number of carbonyl (C=O) groups is 2. The maximum absolute atomic E-state index is 13.4. The molecule has 3 aromatic rings. The lowest BCUT2D eigenvalue weighted by molar-refractivity contribution is -0.140. The third-order valence-electron chi connectivity index (χ3n) is 7.73. The molecule has 0 radical (unpaired) electrons. The van der Waals surface area contributed by atoms with Crippen LogP contribution in [0.5, 0.6) is 11.5 Å². The quantitative estimate of drug-likeness (QED) is 0.220. The first-order chi connectivity index (χ1) is 20.0. The number of likely N-dealkylation sites (tertiary alicyclic amines) is 1. The predicted octanol–water partition coefficient (Wildman–Crippen LogP) is 4.73. The Morgan fingerprint density at radius 3 is 2.29 bits per heavy atom. The van der Waals surface area contributed by atoms with Crippen LogP contribution in [0.2, 0.25) is 0 Å². The summed E-state index contributed by atoms with van der Waals surface area (Å²) < 4.78 is 16.7. The molecule has 0 bridgehead atoms. The summed E-state index contributed by atoms with van der Waals surface area (Å²) >= 11 is 0. The second kappa shape index (κ2) is 13.0. The molecule has 8 nitrogen and oxygen atoms in total. The summed E-state index contributed by atoms with van der Waals surface area (Å²) in [6.45, 7) is 6.75. The van der Waals surface area contributed by atoms with Crippen LogP contribution in [0.25, 0.3) is 5.76 Å². The molecule has 5 rings (SSSR count). The number of ketones is 1. The third kappa shape index (κ3) is 6.45. The summed E-state index contributed by atoms with van der Waals surface area (Å²) in [6.07, 6.45) is 0.701. The van der Waals surface area contributed by atoms with Gasteiger partial charge in [0.15, 0.2) is 0 Å². The zero-order valence-electron chi connectivity index (χ0n) is 23.5. The van der Waals surface area contributed by atoms with Crippen LogP contribution >= 0.6 is 0 Å². The molecule has 1 N–H and O–H groups in total. The Labute approximate surface area is 240 Å². The number of aliphatic hydroxyl groups excluding tert-OH is 1. The predicted molar refractivity (Wildman–Crippen MR) is 156 cm³/mol. The zero-order chi connectivity index (χ0) is 28.8. The van der Waals surface area contributed by atoms with E-state index in [9.17, 15) is 14.7 Å². The molecule has 2 aliphatic rings. The van der Waals surface area contributed by atoms with E-state index in [0.29, 0.717) is 49.8 Å². The fourth-order valence-electron chi connectivity index (χ4n) is 5.33. The molecular formula is C33H36N2O6. The average Bonchev–Trinajstić information content (AvgIpc) is 3.26. The van der Waals surface area contributed by atoms with E-state index in [1.165, 1.54) is 0 Å². The number of ether oxygens (including phenoxy) is 3. The highest BCUT2D eigenvalue weighted by atomic mass is 16.5. The molecule has 1 atom stereocenters. The van der Waals surface area contributed by atoms with Crippen molar-refractivity contribution in [2.45, 2.75) is 26.0 Å². The smallest absolute Gasteiger partial charge is 0.295 e. The monoisotopic (exact) mass is 556 g/mol. The largest absolute Gasteiger partial charge is 0.507 e. The molecule has 1 amide bonds. The van der Waals surface area contributed by atoms with E-state index in [1.807, 2.05) is 43.3 Å². The van der Waals surface area contributed by atoms with Crippen LogP contribution in [0.4, 0.5) is 0 Å². The van der Waals surface area contributed by atoms with Crippen molar-refractivity contribution in [2.24, 2.45) is 0 Å². The van der Waals surface area contributed by atoms with E-state index < -0.39 is 17.7 Å². The Bertz CT molecular complexity index is 1390. The molecule has 1 unspecified atom stereocenters. The highest BCUT2D eigenvalue weighted by molar-refractivity contribution is 6.46. The van der Waals surface area contributed by atoms with Gasteiger partial charge in [0.25, 0.3) is 11.7 Å². The first-order valence-corrected chi connectivity index (χ1v) is 14.0. The van der Waals surface area contributed by atoms with Gasteiger partial charge in [-0.25, -0.2) is 0 Å². The third-order valence-corrected chi connectivity index (χ3v) is 7.73. The van der Waals surface area contributed by atoms with Gasteiger partial charge < -0.3 is 24.2 Å². The number of hydrogen-bond donors (Lipinski definition) is 1. The molecule has 0 saturated carbocycles. The van der Waals surface area contributed by atoms with Crippen LogP contribution in [0, 0.1) is 6.92 Å². The van der Waals surface area contributed by atoms with Crippen LogP contribution < -0.4 is 9.47 Å². The summed E-state index contributed by atoms with van der Waals surface area (Å²) in [7, 11) is 1.58. The Morgan fingerprint density at radius 1 is 0.927 bits per heavy atom. The number of morpholine rings is 1. The van der Waals surface area contributed by atoms with Crippen LogP contribution in [-0.4, -0.2) is 73.1 Å². The van der Waals surface area contributed by atoms with Gasteiger partial charge in [-0.2, -0.15) is 0 Å². The molecule has 0 aromatic heterocycles. The zero-order valence-corrected chi connectivity index (χ0v) is 23.5. The Balaban J connectivity index is 1.39. The molecule has 214 valence electrons. The average molecular weight is 557 g/mol. The number of aliphatic hydroxyl groups is 1. The Hall–Kier alpha value is -4.14. The first kappa shape index (κ1) is 28.4. The maximum atomic E-state index is 13.4. The topological polar surface area (TPSA) is 88.5 Å². The number of hydrogen-bond acceptors (Lipinski definition) is 7. The van der Waals surface area contributed by atoms with Crippen molar-refractivity contribution >= 4 is 17.4 Å². The Morgan fingerprint density at radius 2 is 1.61 bits per heavy atom. The van der Waals surface area contributed by atoms with Crippen LogP contribution in [0.3, 0.4) is 0 Å². The molecule has 3 aromatic carbocycles. The fourth-order valence-corrected chi connectivity index (χ4v) is 5.33. The number of benzene rings is 3. The van der Waals surface area contributed by atoms with E-state index in [4.69, 9.17) is 14.2 Å². The molecule has 41 heavy (non-hydrogen) atoms. The van der Waals surface area contributed by atoms with E-state index in [0.717, 1.165) is 36.3 Å². The lowest BCUT2D eigenvalue weighted by Crippen LogP contribution is -2.38. The number of amides is 1. The normalized spacial score (nSPS) is 19.0. The van der Waals surface area contributed by atoms with Gasteiger partial charge in [0.1, 0.15) is 23.9 Å². The van der Waals surface area contributed by atoms with Gasteiger partial charge in [0.2, 0.25) is 0 Å². The number of methoxy groups -OCH3 is 1. The van der Waals surface area contributed by atoms with Gasteiger partial charge in [-0.15, -0.1) is 0 Å². The summed E-state index contributed by atoms with van der Waals surface area (Å²) in [5.74, 6) is -0.188. The first-order valence-electron chi connectivity index (χ1n) is 14.0. The van der Waals surface area contributed by atoms with E-state index >= 15 is 0 Å². The molecular weight excluding hydrogens is 520 g/mol. The van der Waals surface area contributed by atoms with E-state index in [-0.39, 0.29) is 11.3 Å². The maximum Gasteiger partial charge on any atom is 0.295 e. The van der Waals surface area contributed by atoms with Gasteiger partial charge in [0.05, 0.1) is 31.9 Å².